The van der Waals surface area contributed by atoms with E-state index in [9.17, 15) is 14.4 Å². The summed E-state index contributed by atoms with van der Waals surface area (Å²) in [6.45, 7) is 6.89. The van der Waals surface area contributed by atoms with Crippen molar-refractivity contribution in [1.82, 2.24) is 10.6 Å². The summed E-state index contributed by atoms with van der Waals surface area (Å²) in [4.78, 5) is 35.9. The fraction of sp³-hybridized carbons (Fsp3) is 0.571. The Bertz CT molecular complexity index is 711. The number of hydrogen-bond acceptors (Lipinski definition) is 5. The number of fused-ring (bicyclic) bond motifs is 1. The molecule has 0 unspecified atom stereocenters. The maximum atomic E-state index is 12.4. The zero-order valence-electron chi connectivity index (χ0n) is 17.0. The van der Waals surface area contributed by atoms with Crippen molar-refractivity contribution in [3.8, 4) is 0 Å². The predicted molar refractivity (Wildman–Crippen MR) is 105 cm³/mol. The highest BCUT2D eigenvalue weighted by atomic mass is 16.6. The van der Waals surface area contributed by atoms with Crippen LogP contribution in [0.1, 0.15) is 64.1 Å². The molecule has 0 saturated carbocycles. The van der Waals surface area contributed by atoms with Gasteiger partial charge in [0.2, 0.25) is 0 Å². The summed E-state index contributed by atoms with van der Waals surface area (Å²) in [5, 5.41) is 5.46. The molecule has 0 radical (unpaired) electrons. The van der Waals surface area contributed by atoms with Gasteiger partial charge in [-0.25, -0.2) is 4.79 Å². The van der Waals surface area contributed by atoms with E-state index in [2.05, 4.69) is 16.7 Å². The minimum absolute atomic E-state index is 0.0386. The number of amides is 2. The second-order valence-electron chi connectivity index (χ2n) is 7.96. The summed E-state index contributed by atoms with van der Waals surface area (Å²) in [6.07, 6.45) is 1.35. The molecule has 1 aromatic rings. The molecule has 7 nitrogen and oxygen atoms in total. The topological polar surface area (TPSA) is 93.7 Å². The quantitative estimate of drug-likeness (QED) is 0.728. The van der Waals surface area contributed by atoms with Crippen LogP contribution in [0.15, 0.2) is 24.3 Å². The van der Waals surface area contributed by atoms with Crippen molar-refractivity contribution >= 4 is 18.0 Å². The van der Waals surface area contributed by atoms with E-state index >= 15 is 0 Å². The van der Waals surface area contributed by atoms with Crippen molar-refractivity contribution in [3.63, 3.8) is 0 Å². The Morgan fingerprint density at radius 2 is 1.93 bits per heavy atom. The third kappa shape index (κ3) is 6.87. The van der Waals surface area contributed by atoms with Crippen molar-refractivity contribution < 1.29 is 23.9 Å². The number of carbonyl (C=O) groups excluding carboxylic acids is 3. The van der Waals surface area contributed by atoms with Crippen molar-refractivity contribution in [1.29, 1.82) is 0 Å². The summed E-state index contributed by atoms with van der Waals surface area (Å²) >= 11 is 0. The molecule has 28 heavy (non-hydrogen) atoms. The second kappa shape index (κ2) is 9.57. The fourth-order valence-corrected chi connectivity index (χ4v) is 3.08. The zero-order chi connectivity index (χ0) is 20.7. The van der Waals surface area contributed by atoms with Crippen molar-refractivity contribution in [2.75, 3.05) is 6.54 Å². The Kier molecular flexibility index (Phi) is 7.43. The molecule has 0 heterocycles. The highest BCUT2D eigenvalue weighted by Gasteiger charge is 2.25. The van der Waals surface area contributed by atoms with Crippen LogP contribution in [0, 0.1) is 0 Å². The number of nitrogens with one attached hydrogen (secondary N) is 2. The number of rotatable bonds is 6. The first-order valence-corrected chi connectivity index (χ1v) is 9.70. The number of esters is 1. The van der Waals surface area contributed by atoms with Crippen LogP contribution in [0.2, 0.25) is 0 Å². The zero-order valence-corrected chi connectivity index (χ0v) is 17.0. The van der Waals surface area contributed by atoms with Crippen LogP contribution in [0.3, 0.4) is 0 Å². The third-order valence-electron chi connectivity index (χ3n) is 4.36. The van der Waals surface area contributed by atoms with Crippen LogP contribution < -0.4 is 10.6 Å². The Morgan fingerprint density at radius 3 is 2.64 bits per heavy atom. The van der Waals surface area contributed by atoms with Crippen LogP contribution in [0.25, 0.3) is 0 Å². The maximum Gasteiger partial charge on any atom is 0.407 e. The summed E-state index contributed by atoms with van der Waals surface area (Å²) in [5.41, 5.74) is 1.77. The molecule has 1 aromatic carbocycles. The van der Waals surface area contributed by atoms with E-state index in [-0.39, 0.29) is 24.9 Å². The number of alkyl carbamates (subject to hydrolysis) is 1. The monoisotopic (exact) mass is 390 g/mol. The minimum atomic E-state index is -0.900. The molecule has 0 aromatic heterocycles. The molecule has 0 bridgehead atoms. The Morgan fingerprint density at radius 1 is 1.21 bits per heavy atom. The predicted octanol–water partition coefficient (Wildman–Crippen LogP) is 3.03. The van der Waals surface area contributed by atoms with Gasteiger partial charge in [-0.1, -0.05) is 24.3 Å². The van der Waals surface area contributed by atoms with Gasteiger partial charge in [0.05, 0.1) is 12.5 Å². The van der Waals surface area contributed by atoms with Gasteiger partial charge in [0, 0.05) is 6.54 Å². The highest BCUT2D eigenvalue weighted by Crippen LogP contribution is 2.29. The van der Waals surface area contributed by atoms with Gasteiger partial charge >= 0.3 is 12.1 Å². The average Bonchev–Trinajstić information content (AvgIpc) is 2.60. The van der Waals surface area contributed by atoms with Crippen LogP contribution in [0.5, 0.6) is 0 Å². The average molecular weight is 390 g/mol. The van der Waals surface area contributed by atoms with Crippen LogP contribution in [-0.2, 0) is 25.5 Å². The lowest BCUT2D eigenvalue weighted by molar-refractivity contribution is -0.155. The van der Waals surface area contributed by atoms with Crippen molar-refractivity contribution in [2.45, 2.75) is 71.1 Å². The van der Waals surface area contributed by atoms with E-state index in [0.29, 0.717) is 0 Å². The molecule has 7 heteroatoms. The molecule has 1 aliphatic rings. The van der Waals surface area contributed by atoms with Gasteiger partial charge < -0.3 is 20.1 Å². The number of ether oxygens (including phenoxy) is 2. The van der Waals surface area contributed by atoms with E-state index < -0.39 is 23.8 Å². The van der Waals surface area contributed by atoms with Crippen LogP contribution in [-0.4, -0.2) is 36.2 Å². The van der Waals surface area contributed by atoms with E-state index in [0.717, 1.165) is 24.8 Å². The lowest BCUT2D eigenvalue weighted by Gasteiger charge is -2.27. The van der Waals surface area contributed by atoms with Gasteiger partial charge in [-0.15, -0.1) is 0 Å². The summed E-state index contributed by atoms with van der Waals surface area (Å²) < 4.78 is 10.3. The molecule has 0 aliphatic heterocycles. The molecule has 154 valence electrons. The Balaban J connectivity index is 1.75. The fourth-order valence-electron chi connectivity index (χ4n) is 3.08. The Hall–Kier alpha value is -2.57. The molecule has 0 saturated heterocycles. The summed E-state index contributed by atoms with van der Waals surface area (Å²) in [7, 11) is 0. The standard InChI is InChI=1S/C21H30N2O5/c1-14(27-18(24)12-13-22-20(26)28-21(2,3)4)19(25)23-17-11-7-9-15-8-5-6-10-16(15)17/h5-6,8,10,14,17H,7,9,11-13H2,1-4H3,(H,22,26)(H,23,25)/t14-,17+/m0/s1. The molecule has 1 aliphatic carbocycles. The second-order valence-corrected chi connectivity index (χ2v) is 7.96. The number of aryl methyl sites for hydroxylation is 1. The molecule has 0 fully saturated rings. The third-order valence-corrected chi connectivity index (χ3v) is 4.36. The molecular weight excluding hydrogens is 360 g/mol. The van der Waals surface area contributed by atoms with Gasteiger partial charge in [0.1, 0.15) is 5.60 Å². The smallest absolute Gasteiger partial charge is 0.407 e. The first kappa shape index (κ1) is 21.7. The highest BCUT2D eigenvalue weighted by molar-refractivity contribution is 5.84. The lowest BCUT2D eigenvalue weighted by atomic mass is 9.87. The molecular formula is C21H30N2O5. The first-order valence-electron chi connectivity index (χ1n) is 9.70. The van der Waals surface area contributed by atoms with E-state index in [4.69, 9.17) is 9.47 Å². The summed E-state index contributed by atoms with van der Waals surface area (Å²) in [5.74, 6) is -0.877. The first-order chi connectivity index (χ1) is 13.2. The van der Waals surface area contributed by atoms with Crippen molar-refractivity contribution in [3.05, 3.63) is 35.4 Å². The number of hydrogen-bond donors (Lipinski definition) is 2. The van der Waals surface area contributed by atoms with Gasteiger partial charge in [0.25, 0.3) is 5.91 Å². The van der Waals surface area contributed by atoms with E-state index in [1.807, 2.05) is 18.2 Å². The van der Waals surface area contributed by atoms with Gasteiger partial charge in [-0.2, -0.15) is 0 Å². The number of benzene rings is 1. The molecule has 2 atom stereocenters. The SMILES string of the molecule is C[C@H](OC(=O)CCNC(=O)OC(C)(C)C)C(=O)N[C@@H]1CCCc2ccccc21. The van der Waals surface area contributed by atoms with Gasteiger partial charge in [0.15, 0.2) is 6.10 Å². The molecule has 2 N–H and O–H groups in total. The summed E-state index contributed by atoms with van der Waals surface area (Å²) in [6, 6.07) is 8.00. The van der Waals surface area contributed by atoms with Crippen LogP contribution >= 0.6 is 0 Å². The van der Waals surface area contributed by atoms with Gasteiger partial charge in [-0.05, 0) is 58.1 Å². The lowest BCUT2D eigenvalue weighted by Crippen LogP contribution is -2.39. The van der Waals surface area contributed by atoms with Crippen molar-refractivity contribution in [2.24, 2.45) is 0 Å². The minimum Gasteiger partial charge on any atom is -0.452 e. The molecule has 0 spiro atoms. The molecule has 2 amide bonds. The number of carbonyl (C=O) groups is 3. The van der Waals surface area contributed by atoms with Crippen LogP contribution in [0.4, 0.5) is 4.79 Å². The Labute approximate surface area is 166 Å². The normalized spacial score (nSPS) is 17.1. The van der Waals surface area contributed by atoms with E-state index in [1.165, 1.54) is 5.56 Å². The largest absolute Gasteiger partial charge is 0.452 e. The van der Waals surface area contributed by atoms with E-state index in [1.54, 1.807) is 27.7 Å². The van der Waals surface area contributed by atoms with Gasteiger partial charge in [-0.3, -0.25) is 9.59 Å². The maximum absolute atomic E-state index is 12.4. The molecule has 2 rings (SSSR count).